The minimum Gasteiger partial charge on any atom is -0.444 e. The average molecular weight is 707 g/mol. The quantitative estimate of drug-likeness (QED) is 0.204. The predicted molar refractivity (Wildman–Crippen MR) is 193 cm³/mol. The Bertz CT molecular complexity index is 1650. The summed E-state index contributed by atoms with van der Waals surface area (Å²) >= 11 is 5.88. The summed E-state index contributed by atoms with van der Waals surface area (Å²) in [5.74, 6) is 0.00945. The third kappa shape index (κ3) is 9.64. The van der Waals surface area contributed by atoms with Gasteiger partial charge in [0, 0.05) is 30.1 Å². The smallest absolute Gasteiger partial charge is 0.444 e. The van der Waals surface area contributed by atoms with E-state index in [1.165, 1.54) is 0 Å². The fourth-order valence-corrected chi connectivity index (χ4v) is 6.19. The molecule has 3 aromatic rings. The number of hydrogen-bond donors (Lipinski definition) is 4. The van der Waals surface area contributed by atoms with Gasteiger partial charge in [-0.3, -0.25) is 9.59 Å². The second-order valence-electron chi connectivity index (χ2n) is 15.2. The molecule has 50 heavy (non-hydrogen) atoms. The summed E-state index contributed by atoms with van der Waals surface area (Å²) in [6.45, 7) is 14.0. The van der Waals surface area contributed by atoms with E-state index in [1.54, 1.807) is 24.3 Å². The number of aromatic nitrogens is 3. The number of nitrogens with one attached hydrogen (secondary N) is 4. The Morgan fingerprint density at radius 1 is 1.00 bits per heavy atom. The van der Waals surface area contributed by atoms with Crippen molar-refractivity contribution in [2.24, 2.45) is 11.8 Å². The number of rotatable bonds is 10. The molecular formula is C36H48BClN6O6. The van der Waals surface area contributed by atoms with Crippen molar-refractivity contribution in [3.8, 4) is 11.4 Å². The normalized spacial score (nSPS) is 20.5. The molecule has 1 aliphatic carbocycles. The first-order valence-electron chi connectivity index (χ1n) is 17.2. The van der Waals surface area contributed by atoms with Gasteiger partial charge in [-0.15, -0.1) is 10.2 Å². The van der Waals surface area contributed by atoms with Crippen molar-refractivity contribution < 1.29 is 28.4 Å². The molecule has 2 aliphatic rings. The minimum atomic E-state index is -0.852. The van der Waals surface area contributed by atoms with E-state index in [-0.39, 0.29) is 35.4 Å². The molecule has 1 aromatic heterocycles. The molecule has 0 spiro atoms. The van der Waals surface area contributed by atoms with Gasteiger partial charge in [0.25, 0.3) is 0 Å². The molecule has 4 N–H and O–H groups in total. The summed E-state index contributed by atoms with van der Waals surface area (Å²) in [6, 6.07) is 14.0. The number of ether oxygens (including phenoxy) is 1. The first-order valence-corrected chi connectivity index (χ1v) is 17.6. The zero-order valence-corrected chi connectivity index (χ0v) is 30.6. The maximum absolute atomic E-state index is 13.8. The maximum Gasteiger partial charge on any atom is 0.494 e. The van der Waals surface area contributed by atoms with Crippen molar-refractivity contribution in [2.45, 2.75) is 103 Å². The predicted octanol–water partition coefficient (Wildman–Crippen LogP) is 5.42. The van der Waals surface area contributed by atoms with Gasteiger partial charge in [-0.2, -0.15) is 0 Å². The first-order chi connectivity index (χ1) is 23.5. The van der Waals surface area contributed by atoms with Crippen LogP contribution in [-0.2, 0) is 30.1 Å². The molecule has 5 rings (SSSR count). The number of H-pyrrole nitrogens is 1. The molecule has 14 heteroatoms. The van der Waals surface area contributed by atoms with Crippen LogP contribution in [0.3, 0.4) is 0 Å². The lowest BCUT2D eigenvalue weighted by Crippen LogP contribution is -2.48. The molecule has 2 fully saturated rings. The van der Waals surface area contributed by atoms with Crippen LogP contribution in [0.4, 0.5) is 10.5 Å². The lowest BCUT2D eigenvalue weighted by Gasteiger charge is -2.32. The van der Waals surface area contributed by atoms with Gasteiger partial charge in [0.15, 0.2) is 5.82 Å². The van der Waals surface area contributed by atoms with Crippen LogP contribution in [-0.4, -0.2) is 69.6 Å². The molecule has 0 unspecified atom stereocenters. The minimum absolute atomic E-state index is 0.164. The van der Waals surface area contributed by atoms with E-state index in [4.69, 9.17) is 25.6 Å². The van der Waals surface area contributed by atoms with Crippen molar-refractivity contribution in [1.82, 2.24) is 25.8 Å². The third-order valence-corrected chi connectivity index (χ3v) is 9.76. The van der Waals surface area contributed by atoms with Crippen molar-refractivity contribution in [3.63, 3.8) is 0 Å². The number of amides is 3. The van der Waals surface area contributed by atoms with Crippen molar-refractivity contribution in [2.75, 3.05) is 11.9 Å². The van der Waals surface area contributed by atoms with Crippen LogP contribution in [0.15, 0.2) is 48.5 Å². The second kappa shape index (κ2) is 15.1. The Morgan fingerprint density at radius 2 is 1.66 bits per heavy atom. The van der Waals surface area contributed by atoms with Crippen LogP contribution >= 0.6 is 11.6 Å². The highest BCUT2D eigenvalue weighted by Crippen LogP contribution is 2.36. The number of halogens is 1. The van der Waals surface area contributed by atoms with Gasteiger partial charge in [0.2, 0.25) is 17.1 Å². The lowest BCUT2D eigenvalue weighted by molar-refractivity contribution is -0.130. The highest BCUT2D eigenvalue weighted by Gasteiger charge is 2.51. The van der Waals surface area contributed by atoms with E-state index in [9.17, 15) is 14.4 Å². The third-order valence-electron chi connectivity index (χ3n) is 9.59. The van der Waals surface area contributed by atoms with Crippen molar-refractivity contribution in [3.05, 3.63) is 59.4 Å². The van der Waals surface area contributed by atoms with Gasteiger partial charge in [-0.25, -0.2) is 4.79 Å². The molecule has 12 nitrogen and oxygen atoms in total. The van der Waals surface area contributed by atoms with Crippen LogP contribution in [0.25, 0.3) is 11.4 Å². The van der Waals surface area contributed by atoms with Crippen molar-refractivity contribution >= 4 is 47.8 Å². The van der Waals surface area contributed by atoms with Crippen LogP contribution in [0.5, 0.6) is 0 Å². The largest absolute Gasteiger partial charge is 0.494 e. The molecule has 1 saturated carbocycles. The zero-order valence-electron chi connectivity index (χ0n) is 29.9. The van der Waals surface area contributed by atoms with Gasteiger partial charge >= 0.3 is 13.2 Å². The van der Waals surface area contributed by atoms with Gasteiger partial charge in [0.05, 0.1) is 11.2 Å². The number of anilines is 1. The van der Waals surface area contributed by atoms with Gasteiger partial charge in [0.1, 0.15) is 11.6 Å². The number of nitrogens with zero attached hydrogens (tertiary/aromatic N) is 2. The monoisotopic (exact) mass is 706 g/mol. The highest BCUT2D eigenvalue weighted by atomic mass is 35.5. The highest BCUT2D eigenvalue weighted by molar-refractivity contribution is 6.62. The molecule has 2 aromatic carbocycles. The molecule has 1 saturated heterocycles. The fraction of sp³-hybridized carbons (Fsp3) is 0.528. The molecule has 3 amide bonds. The molecule has 268 valence electrons. The second-order valence-corrected chi connectivity index (χ2v) is 15.6. The Hall–Kier alpha value is -3.94. The number of carbonyl (C=O) groups is 3. The summed E-state index contributed by atoms with van der Waals surface area (Å²) < 4.78 is 17.9. The van der Waals surface area contributed by atoms with E-state index in [0.29, 0.717) is 30.9 Å². The molecule has 0 radical (unpaired) electrons. The standard InChI is InChI=1S/C36H48BClN6O6/c1-34(2,3)48-33(47)39-21-22-11-13-25(14-12-22)30(45)41-28(31(46)40-27-17-15-24(16-18-27)29-42-32(38)44-43-29)20-23-9-8-10-26(19-23)37-49-35(4,5)36(6,7)50-37/h8-10,15-19,22,25,28H,11-14,20-21H2,1-7H3,(H,39,47)(H,40,46)(H,41,45)(H,42,43,44)/t22-,25-,28-/m0/s1. The summed E-state index contributed by atoms with van der Waals surface area (Å²) in [6.07, 6.45) is 2.70. The number of hydrogen-bond acceptors (Lipinski definition) is 8. The van der Waals surface area contributed by atoms with E-state index >= 15 is 0 Å². The van der Waals surface area contributed by atoms with E-state index < -0.39 is 36.1 Å². The summed E-state index contributed by atoms with van der Waals surface area (Å²) in [4.78, 5) is 42.5. The Kier molecular flexibility index (Phi) is 11.3. The first kappa shape index (κ1) is 37.3. The van der Waals surface area contributed by atoms with Gasteiger partial charge < -0.3 is 35.0 Å². The Labute approximate surface area is 299 Å². The van der Waals surface area contributed by atoms with E-state index in [0.717, 1.165) is 29.4 Å². The summed E-state index contributed by atoms with van der Waals surface area (Å²) in [7, 11) is -0.556. The number of alkyl carbamates (subject to hydrolysis) is 1. The summed E-state index contributed by atoms with van der Waals surface area (Å²) in [5, 5.41) is 16.8. The van der Waals surface area contributed by atoms with Crippen LogP contribution < -0.4 is 21.4 Å². The van der Waals surface area contributed by atoms with E-state index in [2.05, 4.69) is 31.1 Å². The van der Waals surface area contributed by atoms with Crippen LogP contribution in [0.2, 0.25) is 5.28 Å². The topological polar surface area (TPSA) is 157 Å². The lowest BCUT2D eigenvalue weighted by atomic mass is 9.78. The van der Waals surface area contributed by atoms with Gasteiger partial charge in [-0.1, -0.05) is 24.3 Å². The molecule has 2 heterocycles. The average Bonchev–Trinajstić information content (AvgIpc) is 3.57. The molecule has 1 aliphatic heterocycles. The van der Waals surface area contributed by atoms with Crippen molar-refractivity contribution in [1.29, 1.82) is 0 Å². The van der Waals surface area contributed by atoms with Gasteiger partial charge in [-0.05, 0) is 127 Å². The maximum atomic E-state index is 13.8. The molecule has 0 bridgehead atoms. The SMILES string of the molecule is CC(C)(C)OC(=O)NC[C@H]1CC[C@H](C(=O)N[C@@H](Cc2cccc(B3OC(C)(C)C(C)(C)O3)c2)C(=O)Nc2ccc(-c3nnc(Cl)[nH]3)cc2)CC1. The molecular weight excluding hydrogens is 659 g/mol. The van der Waals surface area contributed by atoms with Crippen LogP contribution in [0, 0.1) is 11.8 Å². The van der Waals surface area contributed by atoms with Crippen LogP contribution in [0.1, 0.15) is 79.7 Å². The fourth-order valence-electron chi connectivity index (χ4n) is 6.06. The Balaban J connectivity index is 1.26. The molecule has 1 atom stereocenters. The zero-order chi connectivity index (χ0) is 36.3. The summed E-state index contributed by atoms with van der Waals surface area (Å²) in [5.41, 5.74) is 1.46. The number of carbonyl (C=O) groups excluding carboxylic acids is 3. The number of aromatic amines is 1. The van der Waals surface area contributed by atoms with E-state index in [1.807, 2.05) is 72.7 Å². The Morgan fingerprint density at radius 3 is 2.26 bits per heavy atom. The number of benzene rings is 2.